The summed E-state index contributed by atoms with van der Waals surface area (Å²) in [6, 6.07) is 4.32. The molecule has 0 saturated heterocycles. The second kappa shape index (κ2) is 5.25. The number of halogens is 6. The normalized spacial score (nSPS) is 14.4. The van der Waals surface area contributed by atoms with Gasteiger partial charge in [-0.25, -0.2) is 0 Å². The Balaban J connectivity index is 2.84. The molecule has 0 aromatic heterocycles. The van der Waals surface area contributed by atoms with E-state index in [0.29, 0.717) is 15.6 Å². The van der Waals surface area contributed by atoms with Crippen LogP contribution in [0.1, 0.15) is 5.56 Å². The standard InChI is InChI=1S/C9H5Cl3F3N/c10-6-1-5(2-7(11)3-6)4-16-8(12)9(13,14)15/h1-4,8H/b16-4+. The molecule has 1 aromatic rings. The van der Waals surface area contributed by atoms with Crippen molar-refractivity contribution in [2.75, 3.05) is 0 Å². The second-order valence-electron chi connectivity index (χ2n) is 2.86. The van der Waals surface area contributed by atoms with Gasteiger partial charge in [0.05, 0.1) is 0 Å². The number of nitrogens with zero attached hydrogens (tertiary/aromatic N) is 1. The van der Waals surface area contributed by atoms with Gasteiger partial charge >= 0.3 is 6.18 Å². The van der Waals surface area contributed by atoms with E-state index in [0.717, 1.165) is 6.21 Å². The Bertz CT molecular complexity index is 383. The van der Waals surface area contributed by atoms with Crippen molar-refractivity contribution in [2.45, 2.75) is 11.7 Å². The maximum atomic E-state index is 12.0. The van der Waals surface area contributed by atoms with Crippen LogP contribution in [0.5, 0.6) is 0 Å². The van der Waals surface area contributed by atoms with Crippen molar-refractivity contribution in [3.8, 4) is 0 Å². The van der Waals surface area contributed by atoms with E-state index in [-0.39, 0.29) is 0 Å². The quantitative estimate of drug-likeness (QED) is 0.431. The molecule has 0 aliphatic heterocycles. The van der Waals surface area contributed by atoms with Crippen LogP contribution in [-0.2, 0) is 0 Å². The third-order valence-corrected chi connectivity index (χ3v) is 2.31. The highest BCUT2D eigenvalue weighted by molar-refractivity contribution is 6.35. The predicted octanol–water partition coefficient (Wildman–Crippen LogP) is 4.54. The zero-order valence-corrected chi connectivity index (χ0v) is 9.87. The van der Waals surface area contributed by atoms with Crippen molar-refractivity contribution < 1.29 is 13.2 Å². The van der Waals surface area contributed by atoms with Crippen LogP contribution in [0.2, 0.25) is 10.0 Å². The van der Waals surface area contributed by atoms with Gasteiger partial charge < -0.3 is 0 Å². The van der Waals surface area contributed by atoms with Gasteiger partial charge in [-0.1, -0.05) is 34.8 Å². The van der Waals surface area contributed by atoms with Crippen molar-refractivity contribution in [1.82, 2.24) is 0 Å². The zero-order valence-electron chi connectivity index (χ0n) is 7.60. The lowest BCUT2D eigenvalue weighted by atomic mass is 10.2. The number of benzene rings is 1. The van der Waals surface area contributed by atoms with Gasteiger partial charge in [-0.05, 0) is 23.8 Å². The van der Waals surface area contributed by atoms with Gasteiger partial charge in [0.2, 0.25) is 5.50 Å². The van der Waals surface area contributed by atoms with Gasteiger partial charge in [0.1, 0.15) is 0 Å². The highest BCUT2D eigenvalue weighted by Crippen LogP contribution is 2.26. The van der Waals surface area contributed by atoms with E-state index in [9.17, 15) is 13.2 Å². The number of hydrogen-bond acceptors (Lipinski definition) is 1. The fourth-order valence-electron chi connectivity index (χ4n) is 0.886. The molecule has 16 heavy (non-hydrogen) atoms. The minimum atomic E-state index is -4.57. The maximum Gasteiger partial charge on any atom is 0.424 e. The molecule has 0 aliphatic rings. The summed E-state index contributed by atoms with van der Waals surface area (Å²) in [5.41, 5.74) is -1.92. The van der Waals surface area contributed by atoms with E-state index in [1.165, 1.54) is 18.2 Å². The molecule has 0 spiro atoms. The summed E-state index contributed by atoms with van der Waals surface area (Å²) in [6.45, 7) is 0. The molecule has 0 heterocycles. The molecule has 1 atom stereocenters. The number of alkyl halides is 4. The monoisotopic (exact) mass is 289 g/mol. The average molecular weight is 290 g/mol. The van der Waals surface area contributed by atoms with Crippen LogP contribution in [0, 0.1) is 0 Å². The Morgan fingerprint density at radius 2 is 1.62 bits per heavy atom. The Labute approximate surface area is 105 Å². The van der Waals surface area contributed by atoms with E-state index in [4.69, 9.17) is 34.8 Å². The fourth-order valence-corrected chi connectivity index (χ4v) is 1.48. The van der Waals surface area contributed by atoms with E-state index in [1.54, 1.807) is 0 Å². The number of aliphatic imine (C=N–C) groups is 1. The molecule has 0 N–H and O–H groups in total. The molecule has 0 saturated carbocycles. The third kappa shape index (κ3) is 4.20. The SMILES string of the molecule is FC(F)(F)C(Cl)/N=C/c1cc(Cl)cc(Cl)c1. The summed E-state index contributed by atoms with van der Waals surface area (Å²) in [5, 5.41) is 0.624. The molecule has 7 heteroatoms. The Kier molecular flexibility index (Phi) is 4.47. The van der Waals surface area contributed by atoms with Gasteiger partial charge in [0.15, 0.2) is 0 Å². The molecule has 0 amide bonds. The first-order valence-corrected chi connectivity index (χ1v) is 5.18. The van der Waals surface area contributed by atoms with Gasteiger partial charge in [-0.3, -0.25) is 4.99 Å². The van der Waals surface area contributed by atoms with Gasteiger partial charge in [-0.2, -0.15) is 13.2 Å². The fraction of sp³-hybridized carbons (Fsp3) is 0.222. The number of hydrogen-bond donors (Lipinski definition) is 0. The van der Waals surface area contributed by atoms with E-state index >= 15 is 0 Å². The minimum Gasteiger partial charge on any atom is -0.264 e. The molecular formula is C9H5Cl3F3N. The highest BCUT2D eigenvalue weighted by Gasteiger charge is 2.37. The van der Waals surface area contributed by atoms with Crippen LogP contribution < -0.4 is 0 Å². The molecule has 0 aliphatic carbocycles. The van der Waals surface area contributed by atoms with Crippen molar-refractivity contribution >= 4 is 41.0 Å². The van der Waals surface area contributed by atoms with Crippen LogP contribution in [-0.4, -0.2) is 17.9 Å². The summed E-state index contributed by atoms with van der Waals surface area (Å²) in [6.07, 6.45) is -3.59. The smallest absolute Gasteiger partial charge is 0.264 e. The lowest BCUT2D eigenvalue weighted by molar-refractivity contribution is -0.128. The van der Waals surface area contributed by atoms with E-state index in [1.807, 2.05) is 0 Å². The first kappa shape index (κ1) is 13.6. The molecule has 1 nitrogen and oxygen atoms in total. The van der Waals surface area contributed by atoms with E-state index in [2.05, 4.69) is 4.99 Å². The first-order chi connectivity index (χ1) is 7.29. The molecule has 88 valence electrons. The lowest BCUT2D eigenvalue weighted by Crippen LogP contribution is -2.21. The zero-order chi connectivity index (χ0) is 12.3. The van der Waals surface area contributed by atoms with Crippen LogP contribution >= 0.6 is 34.8 Å². The lowest BCUT2D eigenvalue weighted by Gasteiger charge is -2.08. The number of rotatable bonds is 2. The Morgan fingerprint density at radius 1 is 1.12 bits per heavy atom. The molecule has 0 bridgehead atoms. The molecular weight excluding hydrogens is 285 g/mol. The summed E-state index contributed by atoms with van der Waals surface area (Å²) in [4.78, 5) is 3.15. The highest BCUT2D eigenvalue weighted by atomic mass is 35.5. The summed E-state index contributed by atoms with van der Waals surface area (Å²) < 4.78 is 36.0. The first-order valence-electron chi connectivity index (χ1n) is 3.99. The maximum absolute atomic E-state index is 12.0. The average Bonchev–Trinajstić information content (AvgIpc) is 2.11. The largest absolute Gasteiger partial charge is 0.424 e. The van der Waals surface area contributed by atoms with Crippen molar-refractivity contribution in [3.05, 3.63) is 33.8 Å². The van der Waals surface area contributed by atoms with Crippen LogP contribution in [0.3, 0.4) is 0 Å². The topological polar surface area (TPSA) is 12.4 Å². The van der Waals surface area contributed by atoms with Gasteiger partial charge in [0, 0.05) is 16.3 Å². The summed E-state index contributed by atoms with van der Waals surface area (Å²) >= 11 is 16.3. The summed E-state index contributed by atoms with van der Waals surface area (Å²) in [5.74, 6) is 0. The van der Waals surface area contributed by atoms with Crippen LogP contribution in [0.4, 0.5) is 13.2 Å². The van der Waals surface area contributed by atoms with Gasteiger partial charge in [-0.15, -0.1) is 0 Å². The molecule has 1 aromatic carbocycles. The molecule has 0 radical (unpaired) electrons. The van der Waals surface area contributed by atoms with Crippen molar-refractivity contribution in [2.24, 2.45) is 4.99 Å². The molecule has 1 rings (SSSR count). The Morgan fingerprint density at radius 3 is 2.06 bits per heavy atom. The second-order valence-corrected chi connectivity index (χ2v) is 4.14. The molecule has 1 unspecified atom stereocenters. The summed E-state index contributed by atoms with van der Waals surface area (Å²) in [7, 11) is 0. The Hall–Kier alpha value is -0.450. The third-order valence-electron chi connectivity index (χ3n) is 1.51. The van der Waals surface area contributed by atoms with E-state index < -0.39 is 11.7 Å². The van der Waals surface area contributed by atoms with Crippen LogP contribution in [0.25, 0.3) is 0 Å². The molecule has 0 fully saturated rings. The van der Waals surface area contributed by atoms with Crippen molar-refractivity contribution in [3.63, 3.8) is 0 Å². The van der Waals surface area contributed by atoms with Gasteiger partial charge in [0.25, 0.3) is 0 Å². The van der Waals surface area contributed by atoms with Crippen molar-refractivity contribution in [1.29, 1.82) is 0 Å². The minimum absolute atomic E-state index is 0.312. The predicted molar refractivity (Wildman–Crippen MR) is 59.8 cm³/mol. The van der Waals surface area contributed by atoms with Crippen LogP contribution in [0.15, 0.2) is 23.2 Å².